The lowest BCUT2D eigenvalue weighted by molar-refractivity contribution is -0.113. The predicted octanol–water partition coefficient (Wildman–Crippen LogP) is 4.53. The maximum absolute atomic E-state index is 12.9. The number of halogens is 2. The van der Waals surface area contributed by atoms with Gasteiger partial charge in [0.25, 0.3) is 5.91 Å². The van der Waals surface area contributed by atoms with Gasteiger partial charge in [-0.25, -0.2) is 0 Å². The molecule has 0 fully saturated rings. The van der Waals surface area contributed by atoms with E-state index in [2.05, 4.69) is 31.9 Å². The molecule has 0 aromatic heterocycles. The fraction of sp³-hybridized carbons (Fsp3) is 0.111. The number of allylic oxidation sites excluding steroid dienone is 1. The van der Waals surface area contributed by atoms with Crippen LogP contribution in [0.25, 0.3) is 0 Å². The molecule has 1 atom stereocenters. The zero-order valence-electron chi connectivity index (χ0n) is 13.3. The monoisotopic (exact) mass is 435 g/mol. The van der Waals surface area contributed by atoms with Crippen LogP contribution in [0.1, 0.15) is 18.5 Å². The van der Waals surface area contributed by atoms with Gasteiger partial charge in [0.05, 0.1) is 11.6 Å². The SMILES string of the molecule is CC1=C(C(=O)Nc2cccc(Cl)c2)C(c2ccc(Br)cc2)NC(=S)N1. The number of thiocarbonyl (C=S) groups is 1. The molecule has 4 nitrogen and oxygen atoms in total. The minimum absolute atomic E-state index is 0.213. The molecule has 3 rings (SSSR count). The lowest BCUT2D eigenvalue weighted by atomic mass is 9.95. The first kappa shape index (κ1) is 17.9. The molecule has 2 aromatic rings. The Labute approximate surface area is 164 Å². The van der Waals surface area contributed by atoms with Crippen molar-refractivity contribution in [3.63, 3.8) is 0 Å². The summed E-state index contributed by atoms with van der Waals surface area (Å²) in [5, 5.41) is 10.1. The zero-order valence-corrected chi connectivity index (χ0v) is 16.4. The molecular formula is C18H15BrClN3OS. The molecule has 25 heavy (non-hydrogen) atoms. The Morgan fingerprint density at radius 2 is 1.96 bits per heavy atom. The molecule has 3 N–H and O–H groups in total. The number of hydrogen-bond donors (Lipinski definition) is 3. The Morgan fingerprint density at radius 3 is 2.64 bits per heavy atom. The molecule has 1 aliphatic rings. The molecule has 128 valence electrons. The van der Waals surface area contributed by atoms with E-state index in [0.717, 1.165) is 15.7 Å². The molecule has 7 heteroatoms. The second kappa shape index (κ2) is 7.56. The topological polar surface area (TPSA) is 53.2 Å². The smallest absolute Gasteiger partial charge is 0.255 e. The molecule has 1 amide bonds. The maximum atomic E-state index is 12.9. The summed E-state index contributed by atoms with van der Waals surface area (Å²) in [6, 6.07) is 14.5. The first-order valence-corrected chi connectivity index (χ1v) is 9.12. The number of hydrogen-bond acceptors (Lipinski definition) is 2. The average Bonchev–Trinajstić information content (AvgIpc) is 2.54. The van der Waals surface area contributed by atoms with Gasteiger partial charge in [0.15, 0.2) is 5.11 Å². The van der Waals surface area contributed by atoms with Gasteiger partial charge >= 0.3 is 0 Å². The molecule has 0 bridgehead atoms. The van der Waals surface area contributed by atoms with Gasteiger partial charge in [0.2, 0.25) is 0 Å². The van der Waals surface area contributed by atoms with E-state index in [1.807, 2.05) is 31.2 Å². The van der Waals surface area contributed by atoms with Gasteiger partial charge in [0, 0.05) is 20.9 Å². The Bertz CT molecular complexity index is 867. The van der Waals surface area contributed by atoms with E-state index in [-0.39, 0.29) is 11.9 Å². The van der Waals surface area contributed by atoms with Gasteiger partial charge in [-0.3, -0.25) is 4.79 Å². The number of nitrogens with one attached hydrogen (secondary N) is 3. The van der Waals surface area contributed by atoms with E-state index in [0.29, 0.717) is 21.4 Å². The molecule has 1 heterocycles. The zero-order chi connectivity index (χ0) is 18.0. The summed E-state index contributed by atoms with van der Waals surface area (Å²) in [6.45, 7) is 1.84. The van der Waals surface area contributed by atoms with E-state index in [1.165, 1.54) is 0 Å². The van der Waals surface area contributed by atoms with Crippen LogP contribution in [0.2, 0.25) is 5.02 Å². The third-order valence-corrected chi connectivity index (χ3v) is 4.78. The van der Waals surface area contributed by atoms with Gasteiger partial charge in [-0.1, -0.05) is 45.7 Å². The quantitative estimate of drug-likeness (QED) is 0.619. The summed E-state index contributed by atoms with van der Waals surface area (Å²) in [6.07, 6.45) is 0. The van der Waals surface area contributed by atoms with E-state index >= 15 is 0 Å². The van der Waals surface area contributed by atoms with Crippen molar-refractivity contribution in [1.29, 1.82) is 0 Å². The first-order valence-electron chi connectivity index (χ1n) is 7.54. The highest BCUT2D eigenvalue weighted by molar-refractivity contribution is 9.10. The molecule has 0 aliphatic carbocycles. The van der Waals surface area contributed by atoms with Crippen molar-refractivity contribution in [2.24, 2.45) is 0 Å². The van der Waals surface area contributed by atoms with Crippen molar-refractivity contribution >= 4 is 56.5 Å². The third kappa shape index (κ3) is 4.21. The number of carbonyl (C=O) groups is 1. The standard InChI is InChI=1S/C18H15BrClN3OS/c1-10-15(17(24)22-14-4-2-3-13(20)9-14)16(23-18(25)21-10)11-5-7-12(19)8-6-11/h2-9,16H,1H3,(H,22,24)(H2,21,23,25). The summed E-state index contributed by atoms with van der Waals surface area (Å²) in [5.74, 6) is -0.213. The van der Waals surface area contributed by atoms with Gasteiger partial charge in [-0.15, -0.1) is 0 Å². The number of rotatable bonds is 3. The second-order valence-electron chi connectivity index (χ2n) is 5.59. The minimum Gasteiger partial charge on any atom is -0.351 e. The Morgan fingerprint density at radius 1 is 1.24 bits per heavy atom. The number of benzene rings is 2. The van der Waals surface area contributed by atoms with Crippen molar-refractivity contribution in [3.05, 3.63) is 74.9 Å². The van der Waals surface area contributed by atoms with E-state index in [4.69, 9.17) is 23.8 Å². The predicted molar refractivity (Wildman–Crippen MR) is 109 cm³/mol. The van der Waals surface area contributed by atoms with E-state index in [9.17, 15) is 4.79 Å². The van der Waals surface area contributed by atoms with Crippen LogP contribution in [-0.4, -0.2) is 11.0 Å². The number of amides is 1. The first-order chi connectivity index (χ1) is 11.9. The summed E-state index contributed by atoms with van der Waals surface area (Å²) in [4.78, 5) is 12.9. The van der Waals surface area contributed by atoms with Crippen LogP contribution in [0, 0.1) is 0 Å². The number of carbonyl (C=O) groups excluding carboxylic acids is 1. The highest BCUT2D eigenvalue weighted by Gasteiger charge is 2.29. The molecule has 1 unspecified atom stereocenters. The van der Waals surface area contributed by atoms with Crippen molar-refractivity contribution in [2.45, 2.75) is 13.0 Å². The maximum Gasteiger partial charge on any atom is 0.255 e. The molecular weight excluding hydrogens is 422 g/mol. The van der Waals surface area contributed by atoms with Crippen LogP contribution in [0.5, 0.6) is 0 Å². The molecule has 0 spiro atoms. The molecule has 2 aromatic carbocycles. The summed E-state index contributed by atoms with van der Waals surface area (Å²) < 4.78 is 0.971. The normalized spacial score (nSPS) is 16.9. The van der Waals surface area contributed by atoms with Crippen LogP contribution < -0.4 is 16.0 Å². The minimum atomic E-state index is -0.332. The van der Waals surface area contributed by atoms with Crippen molar-refractivity contribution < 1.29 is 4.79 Å². The van der Waals surface area contributed by atoms with Crippen molar-refractivity contribution in [1.82, 2.24) is 10.6 Å². The van der Waals surface area contributed by atoms with Gasteiger partial charge in [-0.2, -0.15) is 0 Å². The Balaban J connectivity index is 1.94. The third-order valence-electron chi connectivity index (χ3n) is 3.80. The van der Waals surface area contributed by atoms with Gasteiger partial charge in [-0.05, 0) is 55.0 Å². The van der Waals surface area contributed by atoms with E-state index in [1.54, 1.807) is 24.3 Å². The van der Waals surface area contributed by atoms with Crippen LogP contribution in [0.3, 0.4) is 0 Å². The van der Waals surface area contributed by atoms with Crippen LogP contribution in [0.4, 0.5) is 5.69 Å². The molecule has 0 saturated carbocycles. The second-order valence-corrected chi connectivity index (χ2v) is 7.35. The number of anilines is 1. The molecule has 0 radical (unpaired) electrons. The lowest BCUT2D eigenvalue weighted by Crippen LogP contribution is -2.45. The molecule has 1 aliphatic heterocycles. The Kier molecular flexibility index (Phi) is 5.42. The fourth-order valence-electron chi connectivity index (χ4n) is 2.66. The summed E-state index contributed by atoms with van der Waals surface area (Å²) >= 11 is 14.7. The van der Waals surface area contributed by atoms with Gasteiger partial charge in [0.1, 0.15) is 0 Å². The lowest BCUT2D eigenvalue weighted by Gasteiger charge is -2.30. The van der Waals surface area contributed by atoms with E-state index < -0.39 is 0 Å². The van der Waals surface area contributed by atoms with Crippen LogP contribution in [0.15, 0.2) is 64.3 Å². The largest absolute Gasteiger partial charge is 0.351 e. The van der Waals surface area contributed by atoms with Crippen molar-refractivity contribution in [2.75, 3.05) is 5.32 Å². The fourth-order valence-corrected chi connectivity index (χ4v) is 3.39. The summed E-state index contributed by atoms with van der Waals surface area (Å²) in [7, 11) is 0. The molecule has 0 saturated heterocycles. The Hall–Kier alpha value is -1.89. The van der Waals surface area contributed by atoms with Crippen molar-refractivity contribution in [3.8, 4) is 0 Å². The summed E-state index contributed by atoms with van der Waals surface area (Å²) in [5.41, 5.74) is 2.88. The van der Waals surface area contributed by atoms with Crippen LogP contribution in [-0.2, 0) is 4.79 Å². The van der Waals surface area contributed by atoms with Crippen LogP contribution >= 0.6 is 39.7 Å². The highest BCUT2D eigenvalue weighted by Crippen LogP contribution is 2.29. The van der Waals surface area contributed by atoms with Gasteiger partial charge < -0.3 is 16.0 Å². The average molecular weight is 437 g/mol. The highest BCUT2D eigenvalue weighted by atomic mass is 79.9.